The number of carbonyl (C=O) groups is 1. The molecule has 1 fully saturated rings. The van der Waals surface area contributed by atoms with E-state index >= 15 is 0 Å². The van der Waals surface area contributed by atoms with Crippen LogP contribution in [0.5, 0.6) is 0 Å². The Morgan fingerprint density at radius 3 is 2.26 bits per heavy atom. The van der Waals surface area contributed by atoms with E-state index in [4.69, 9.17) is 10.5 Å². The molecular formula is C20H22BrNO4S. The fourth-order valence-corrected chi connectivity index (χ4v) is 6.36. The molecule has 2 aromatic rings. The molecule has 0 aliphatic heterocycles. The first kappa shape index (κ1) is 20.0. The lowest BCUT2D eigenvalue weighted by Crippen LogP contribution is -2.33. The summed E-state index contributed by atoms with van der Waals surface area (Å²) in [7, 11) is -3.77. The van der Waals surface area contributed by atoms with E-state index in [1.165, 1.54) is 0 Å². The molecule has 0 amide bonds. The van der Waals surface area contributed by atoms with Crippen molar-refractivity contribution in [1.29, 1.82) is 0 Å². The molecule has 0 spiro atoms. The fourth-order valence-electron chi connectivity index (χ4n) is 3.71. The Labute approximate surface area is 168 Å². The monoisotopic (exact) mass is 451 g/mol. The topological polar surface area (TPSA) is 86.5 Å². The first-order chi connectivity index (χ1) is 12.8. The first-order valence-electron chi connectivity index (χ1n) is 8.72. The molecule has 5 nitrogen and oxygen atoms in total. The highest BCUT2D eigenvalue weighted by molar-refractivity contribution is 9.10. The van der Waals surface area contributed by atoms with Gasteiger partial charge in [-0.3, -0.25) is 4.79 Å². The zero-order chi connectivity index (χ0) is 19.8. The number of halogens is 1. The Morgan fingerprint density at radius 1 is 1.15 bits per heavy atom. The van der Waals surface area contributed by atoms with Crippen molar-refractivity contribution in [3.63, 3.8) is 0 Å². The molecule has 7 heteroatoms. The van der Waals surface area contributed by atoms with Crippen molar-refractivity contribution in [2.45, 2.75) is 29.9 Å². The summed E-state index contributed by atoms with van der Waals surface area (Å²) in [6, 6.07) is 14.0. The van der Waals surface area contributed by atoms with E-state index < -0.39 is 32.4 Å². The average Bonchev–Trinajstić information content (AvgIpc) is 3.34. The Kier molecular flexibility index (Phi) is 5.47. The summed E-state index contributed by atoms with van der Waals surface area (Å²) in [5.41, 5.74) is 6.43. The standard InChI is InChI=1S/C20H22BrNO4S/c1-3-26-19(23)20(12-22)17(14-6-8-15(21)9-7-14)18(20)27(24,25)16-10-4-13(2)5-11-16/h4-11,17-18H,3,12,22H2,1-2H3/t17-,18+,20-/m1/s1. The van der Waals surface area contributed by atoms with Crippen LogP contribution in [0, 0.1) is 12.3 Å². The molecule has 0 unspecified atom stereocenters. The summed E-state index contributed by atoms with van der Waals surface area (Å²) in [6.45, 7) is 3.66. The van der Waals surface area contributed by atoms with Gasteiger partial charge in [-0.1, -0.05) is 45.8 Å². The van der Waals surface area contributed by atoms with Crippen LogP contribution >= 0.6 is 15.9 Å². The van der Waals surface area contributed by atoms with Gasteiger partial charge in [-0.05, 0) is 43.7 Å². The number of hydrogen-bond acceptors (Lipinski definition) is 5. The predicted octanol–water partition coefficient (Wildman–Crippen LogP) is 3.21. The van der Waals surface area contributed by atoms with Gasteiger partial charge in [0.25, 0.3) is 0 Å². The number of rotatable bonds is 6. The van der Waals surface area contributed by atoms with Gasteiger partial charge in [0.2, 0.25) is 0 Å². The molecule has 1 aliphatic carbocycles. The quantitative estimate of drug-likeness (QED) is 0.681. The van der Waals surface area contributed by atoms with Gasteiger partial charge in [0.05, 0.1) is 16.8 Å². The number of aryl methyl sites for hydroxylation is 1. The maximum absolute atomic E-state index is 13.4. The van der Waals surface area contributed by atoms with Crippen molar-refractivity contribution >= 4 is 31.7 Å². The number of nitrogens with two attached hydrogens (primary N) is 1. The Hall–Kier alpha value is -1.70. The molecule has 2 N–H and O–H groups in total. The van der Waals surface area contributed by atoms with E-state index in [-0.39, 0.29) is 18.0 Å². The molecule has 0 bridgehead atoms. The van der Waals surface area contributed by atoms with E-state index in [0.29, 0.717) is 0 Å². The third kappa shape index (κ3) is 3.32. The average molecular weight is 452 g/mol. The summed E-state index contributed by atoms with van der Waals surface area (Å²) < 4.78 is 32.8. The molecule has 0 heterocycles. The van der Waals surface area contributed by atoms with Crippen molar-refractivity contribution in [2.75, 3.05) is 13.2 Å². The smallest absolute Gasteiger partial charge is 0.315 e. The lowest BCUT2D eigenvalue weighted by Gasteiger charge is -2.14. The highest BCUT2D eigenvalue weighted by Gasteiger charge is 2.75. The summed E-state index contributed by atoms with van der Waals surface area (Å²) in [5.74, 6) is -1.10. The van der Waals surface area contributed by atoms with E-state index in [2.05, 4.69) is 15.9 Å². The molecule has 1 aliphatic rings. The van der Waals surface area contributed by atoms with Crippen LogP contribution in [0.15, 0.2) is 57.9 Å². The van der Waals surface area contributed by atoms with Crippen LogP contribution in [-0.4, -0.2) is 32.8 Å². The molecule has 144 valence electrons. The van der Waals surface area contributed by atoms with Gasteiger partial charge in [-0.15, -0.1) is 0 Å². The normalized spacial score (nSPS) is 24.4. The summed E-state index contributed by atoms with van der Waals surface area (Å²) in [5, 5.41) is -0.946. The zero-order valence-corrected chi connectivity index (χ0v) is 17.6. The van der Waals surface area contributed by atoms with Crippen LogP contribution in [0.3, 0.4) is 0 Å². The minimum absolute atomic E-state index is 0.0949. The Morgan fingerprint density at radius 2 is 1.74 bits per heavy atom. The van der Waals surface area contributed by atoms with Crippen LogP contribution in [0.1, 0.15) is 24.0 Å². The summed E-state index contributed by atoms with van der Waals surface area (Å²) in [6.07, 6.45) is 0. The number of benzene rings is 2. The first-order valence-corrected chi connectivity index (χ1v) is 11.1. The van der Waals surface area contributed by atoms with Crippen molar-refractivity contribution in [1.82, 2.24) is 0 Å². The van der Waals surface area contributed by atoms with Gasteiger partial charge in [0, 0.05) is 16.9 Å². The minimum Gasteiger partial charge on any atom is -0.465 e. The number of ether oxygens (including phenoxy) is 1. The van der Waals surface area contributed by atoms with Crippen molar-refractivity contribution in [3.05, 3.63) is 64.1 Å². The second kappa shape index (κ2) is 7.37. The minimum atomic E-state index is -3.77. The lowest BCUT2D eigenvalue weighted by molar-refractivity contribution is -0.149. The van der Waals surface area contributed by atoms with Crippen LogP contribution in [-0.2, 0) is 19.4 Å². The van der Waals surface area contributed by atoms with E-state index in [1.807, 2.05) is 31.2 Å². The van der Waals surface area contributed by atoms with Crippen molar-refractivity contribution < 1.29 is 17.9 Å². The lowest BCUT2D eigenvalue weighted by atomic mass is 9.99. The SMILES string of the molecule is CCOC(=O)[C@]1(CN)[C@H](c2ccc(Br)cc2)[C@@H]1S(=O)(=O)c1ccc(C)cc1. The number of esters is 1. The Balaban J connectivity index is 2.10. The highest BCUT2D eigenvalue weighted by atomic mass is 79.9. The van der Waals surface area contributed by atoms with Crippen LogP contribution in [0.4, 0.5) is 0 Å². The van der Waals surface area contributed by atoms with E-state index in [0.717, 1.165) is 15.6 Å². The largest absolute Gasteiger partial charge is 0.465 e. The van der Waals surface area contributed by atoms with E-state index in [1.54, 1.807) is 31.2 Å². The van der Waals surface area contributed by atoms with Crippen LogP contribution in [0.2, 0.25) is 0 Å². The summed E-state index contributed by atoms with van der Waals surface area (Å²) in [4.78, 5) is 13.0. The third-order valence-corrected chi connectivity index (χ3v) is 7.98. The third-order valence-electron chi connectivity index (χ3n) is 5.16. The molecule has 27 heavy (non-hydrogen) atoms. The Bertz CT molecular complexity index is 941. The zero-order valence-electron chi connectivity index (χ0n) is 15.2. The second-order valence-electron chi connectivity index (χ2n) is 6.77. The van der Waals surface area contributed by atoms with Gasteiger partial charge in [-0.2, -0.15) is 0 Å². The van der Waals surface area contributed by atoms with Crippen molar-refractivity contribution in [3.8, 4) is 0 Å². The van der Waals surface area contributed by atoms with Crippen molar-refractivity contribution in [2.24, 2.45) is 11.1 Å². The highest BCUT2D eigenvalue weighted by Crippen LogP contribution is 2.64. The van der Waals surface area contributed by atoms with Gasteiger partial charge < -0.3 is 10.5 Å². The maximum atomic E-state index is 13.4. The van der Waals surface area contributed by atoms with Gasteiger partial charge in [0.1, 0.15) is 5.41 Å². The van der Waals surface area contributed by atoms with Gasteiger partial charge in [-0.25, -0.2) is 8.42 Å². The molecule has 1 saturated carbocycles. The van der Waals surface area contributed by atoms with Crippen LogP contribution < -0.4 is 5.73 Å². The van der Waals surface area contributed by atoms with Gasteiger partial charge in [0.15, 0.2) is 9.84 Å². The van der Waals surface area contributed by atoms with Crippen LogP contribution in [0.25, 0.3) is 0 Å². The molecule has 3 rings (SSSR count). The molecule has 0 aromatic heterocycles. The number of carbonyl (C=O) groups excluding carboxylic acids is 1. The number of sulfone groups is 1. The molecule has 0 radical (unpaired) electrons. The van der Waals surface area contributed by atoms with E-state index in [9.17, 15) is 13.2 Å². The maximum Gasteiger partial charge on any atom is 0.315 e. The fraction of sp³-hybridized carbons (Fsp3) is 0.350. The molecule has 2 aromatic carbocycles. The summed E-state index contributed by atoms with van der Waals surface area (Å²) >= 11 is 3.38. The molecule has 0 saturated heterocycles. The molecular weight excluding hydrogens is 430 g/mol. The molecule has 3 atom stereocenters. The second-order valence-corrected chi connectivity index (χ2v) is 9.76. The predicted molar refractivity (Wildman–Crippen MR) is 107 cm³/mol. The van der Waals surface area contributed by atoms with Gasteiger partial charge >= 0.3 is 5.97 Å². The number of hydrogen-bond donors (Lipinski definition) is 1.